The summed E-state index contributed by atoms with van der Waals surface area (Å²) in [5, 5.41) is 3.20. The van der Waals surface area contributed by atoms with Crippen LogP contribution in [0.25, 0.3) is 0 Å². The molecule has 1 saturated heterocycles. The van der Waals surface area contributed by atoms with E-state index in [2.05, 4.69) is 10.2 Å². The molecule has 1 aromatic rings. The third-order valence-corrected chi connectivity index (χ3v) is 5.88. The van der Waals surface area contributed by atoms with Crippen molar-refractivity contribution >= 4 is 5.91 Å². The first kappa shape index (κ1) is 16.7. The number of carbonyl (C=O) groups is 1. The van der Waals surface area contributed by atoms with Gasteiger partial charge in [0, 0.05) is 13.0 Å². The SMILES string of the molecule is O=C(NCC[C@@H]1COc2ccccc2O1)C1(N2CCCC2)CCCC1. The molecule has 0 radical (unpaired) electrons. The maximum absolute atomic E-state index is 13.0. The van der Waals surface area contributed by atoms with Gasteiger partial charge in [-0.3, -0.25) is 9.69 Å². The smallest absolute Gasteiger partial charge is 0.240 e. The van der Waals surface area contributed by atoms with Crippen molar-refractivity contribution in [3.8, 4) is 11.5 Å². The minimum Gasteiger partial charge on any atom is -0.486 e. The molecule has 0 aromatic heterocycles. The Hall–Kier alpha value is -1.75. The van der Waals surface area contributed by atoms with Crippen LogP contribution in [0.4, 0.5) is 0 Å². The van der Waals surface area contributed by atoms with Crippen LogP contribution in [0.5, 0.6) is 11.5 Å². The van der Waals surface area contributed by atoms with Gasteiger partial charge in [-0.15, -0.1) is 0 Å². The lowest BCUT2D eigenvalue weighted by atomic mass is 9.94. The predicted octanol–water partition coefficient (Wildman–Crippen LogP) is 2.74. The lowest BCUT2D eigenvalue weighted by Crippen LogP contribution is -2.56. The Balaban J connectivity index is 1.30. The van der Waals surface area contributed by atoms with Crippen molar-refractivity contribution in [2.24, 2.45) is 0 Å². The molecule has 4 rings (SSSR count). The van der Waals surface area contributed by atoms with Crippen LogP contribution in [0.2, 0.25) is 0 Å². The number of para-hydroxylation sites is 2. The van der Waals surface area contributed by atoms with Gasteiger partial charge in [0.2, 0.25) is 5.91 Å². The quantitative estimate of drug-likeness (QED) is 0.892. The zero-order valence-electron chi connectivity index (χ0n) is 14.8. The van der Waals surface area contributed by atoms with Crippen molar-refractivity contribution in [1.82, 2.24) is 10.2 Å². The molecule has 1 amide bonds. The predicted molar refractivity (Wildman–Crippen MR) is 96.0 cm³/mol. The molecule has 25 heavy (non-hydrogen) atoms. The normalized spacial score (nSPS) is 25.0. The van der Waals surface area contributed by atoms with Crippen LogP contribution < -0.4 is 14.8 Å². The van der Waals surface area contributed by atoms with Crippen LogP contribution in [0.1, 0.15) is 44.9 Å². The van der Waals surface area contributed by atoms with Crippen molar-refractivity contribution < 1.29 is 14.3 Å². The Morgan fingerprint density at radius 3 is 2.60 bits per heavy atom. The average molecular weight is 344 g/mol. The molecular weight excluding hydrogens is 316 g/mol. The maximum atomic E-state index is 13.0. The molecule has 1 saturated carbocycles. The van der Waals surface area contributed by atoms with E-state index in [0.29, 0.717) is 13.2 Å². The van der Waals surface area contributed by atoms with Gasteiger partial charge < -0.3 is 14.8 Å². The number of rotatable bonds is 5. The first-order valence-corrected chi connectivity index (χ1v) is 9.70. The standard InChI is InChI=1S/C20H28N2O3/c23-19(20(10-3-4-11-20)22-13-5-6-14-22)21-12-9-16-15-24-17-7-1-2-8-18(17)25-16/h1-2,7-8,16H,3-6,9-15H2,(H,21,23)/t16-/m1/s1. The molecule has 136 valence electrons. The third-order valence-electron chi connectivity index (χ3n) is 5.88. The summed E-state index contributed by atoms with van der Waals surface area (Å²) in [4.78, 5) is 15.4. The van der Waals surface area contributed by atoms with Crippen molar-refractivity contribution in [3.63, 3.8) is 0 Å². The number of benzene rings is 1. The molecule has 2 heterocycles. The van der Waals surface area contributed by atoms with Crippen LogP contribution in [0.15, 0.2) is 24.3 Å². The number of hydrogen-bond donors (Lipinski definition) is 1. The Labute approximate surface area is 149 Å². The highest BCUT2D eigenvalue weighted by atomic mass is 16.6. The van der Waals surface area contributed by atoms with Gasteiger partial charge in [0.15, 0.2) is 11.5 Å². The van der Waals surface area contributed by atoms with Crippen LogP contribution in [-0.4, -0.2) is 48.7 Å². The average Bonchev–Trinajstić information content (AvgIpc) is 3.33. The number of amides is 1. The first-order valence-electron chi connectivity index (χ1n) is 9.70. The van der Waals surface area contributed by atoms with E-state index in [9.17, 15) is 4.79 Å². The van der Waals surface area contributed by atoms with E-state index in [1.54, 1.807) is 0 Å². The molecule has 1 aliphatic carbocycles. The number of ether oxygens (including phenoxy) is 2. The first-order chi connectivity index (χ1) is 12.3. The molecule has 1 N–H and O–H groups in total. The summed E-state index contributed by atoms with van der Waals surface area (Å²) >= 11 is 0. The van der Waals surface area contributed by atoms with E-state index in [0.717, 1.165) is 43.9 Å². The molecule has 2 fully saturated rings. The van der Waals surface area contributed by atoms with E-state index in [4.69, 9.17) is 9.47 Å². The Morgan fingerprint density at radius 2 is 1.84 bits per heavy atom. The number of nitrogens with zero attached hydrogens (tertiary/aromatic N) is 1. The van der Waals surface area contributed by atoms with Gasteiger partial charge in [0.05, 0.1) is 0 Å². The zero-order chi connectivity index (χ0) is 17.1. The molecule has 2 aliphatic heterocycles. The number of nitrogens with one attached hydrogen (secondary N) is 1. The summed E-state index contributed by atoms with van der Waals surface area (Å²) in [6, 6.07) is 7.75. The summed E-state index contributed by atoms with van der Waals surface area (Å²) in [6.07, 6.45) is 7.58. The zero-order valence-corrected chi connectivity index (χ0v) is 14.8. The Kier molecular flexibility index (Phi) is 4.84. The fourth-order valence-electron chi connectivity index (χ4n) is 4.51. The lowest BCUT2D eigenvalue weighted by Gasteiger charge is -2.37. The third kappa shape index (κ3) is 3.34. The van der Waals surface area contributed by atoms with Crippen molar-refractivity contribution in [2.75, 3.05) is 26.2 Å². The van der Waals surface area contributed by atoms with Crippen LogP contribution in [0.3, 0.4) is 0 Å². The summed E-state index contributed by atoms with van der Waals surface area (Å²) in [5.74, 6) is 1.83. The molecule has 0 bridgehead atoms. The van der Waals surface area contributed by atoms with E-state index in [1.807, 2.05) is 24.3 Å². The second-order valence-electron chi connectivity index (χ2n) is 7.48. The Morgan fingerprint density at radius 1 is 1.12 bits per heavy atom. The van der Waals surface area contributed by atoms with Gasteiger partial charge in [-0.25, -0.2) is 0 Å². The van der Waals surface area contributed by atoms with Crippen LogP contribution in [-0.2, 0) is 4.79 Å². The second kappa shape index (κ2) is 7.24. The molecule has 1 aromatic carbocycles. The summed E-state index contributed by atoms with van der Waals surface area (Å²) < 4.78 is 11.7. The molecule has 5 heteroatoms. The number of hydrogen-bond acceptors (Lipinski definition) is 4. The van der Waals surface area contributed by atoms with E-state index in [1.165, 1.54) is 25.7 Å². The number of carbonyl (C=O) groups excluding carboxylic acids is 1. The van der Waals surface area contributed by atoms with E-state index in [-0.39, 0.29) is 17.6 Å². The van der Waals surface area contributed by atoms with Crippen molar-refractivity contribution in [3.05, 3.63) is 24.3 Å². The van der Waals surface area contributed by atoms with E-state index < -0.39 is 0 Å². The van der Waals surface area contributed by atoms with Gasteiger partial charge in [-0.1, -0.05) is 25.0 Å². The van der Waals surface area contributed by atoms with Crippen molar-refractivity contribution in [1.29, 1.82) is 0 Å². The summed E-state index contributed by atoms with van der Waals surface area (Å²) in [6.45, 7) is 3.34. The second-order valence-corrected chi connectivity index (χ2v) is 7.48. The van der Waals surface area contributed by atoms with E-state index >= 15 is 0 Å². The molecule has 3 aliphatic rings. The number of fused-ring (bicyclic) bond motifs is 1. The highest BCUT2D eigenvalue weighted by molar-refractivity contribution is 5.86. The molecule has 5 nitrogen and oxygen atoms in total. The minimum atomic E-state index is -0.243. The topological polar surface area (TPSA) is 50.8 Å². The largest absolute Gasteiger partial charge is 0.486 e. The molecule has 0 unspecified atom stereocenters. The van der Waals surface area contributed by atoms with Gasteiger partial charge >= 0.3 is 0 Å². The van der Waals surface area contributed by atoms with Crippen molar-refractivity contribution in [2.45, 2.75) is 56.6 Å². The fourth-order valence-corrected chi connectivity index (χ4v) is 4.51. The van der Waals surface area contributed by atoms with Gasteiger partial charge in [0.25, 0.3) is 0 Å². The summed E-state index contributed by atoms with van der Waals surface area (Å²) in [7, 11) is 0. The maximum Gasteiger partial charge on any atom is 0.240 e. The van der Waals surface area contributed by atoms with Gasteiger partial charge in [-0.2, -0.15) is 0 Å². The molecule has 0 spiro atoms. The van der Waals surface area contributed by atoms with Gasteiger partial charge in [-0.05, 0) is 50.9 Å². The van der Waals surface area contributed by atoms with Crippen LogP contribution >= 0.6 is 0 Å². The molecule has 1 atom stereocenters. The monoisotopic (exact) mass is 344 g/mol. The summed E-state index contributed by atoms with van der Waals surface area (Å²) in [5.41, 5.74) is -0.243. The molecular formula is C20H28N2O3. The highest BCUT2D eigenvalue weighted by Crippen LogP contribution is 2.37. The highest BCUT2D eigenvalue weighted by Gasteiger charge is 2.46. The Bertz CT molecular complexity index is 607. The lowest BCUT2D eigenvalue weighted by molar-refractivity contribution is -0.133. The number of likely N-dealkylation sites (tertiary alicyclic amines) is 1. The van der Waals surface area contributed by atoms with Crippen LogP contribution in [0, 0.1) is 0 Å². The minimum absolute atomic E-state index is 0.00140. The fraction of sp³-hybridized carbons (Fsp3) is 0.650. The van der Waals surface area contributed by atoms with Gasteiger partial charge in [0.1, 0.15) is 18.2 Å².